The van der Waals surface area contributed by atoms with Crippen molar-refractivity contribution in [3.8, 4) is 0 Å². The second kappa shape index (κ2) is 5.80. The largest absolute Gasteiger partial charge is 0.398 e. The lowest BCUT2D eigenvalue weighted by Gasteiger charge is -2.18. The van der Waals surface area contributed by atoms with E-state index in [1.54, 1.807) is 17.5 Å². The molecule has 2 rings (SSSR count). The third-order valence-corrected chi connectivity index (χ3v) is 3.60. The quantitative estimate of drug-likeness (QED) is 0.854. The first-order valence-corrected chi connectivity index (χ1v) is 6.64. The van der Waals surface area contributed by atoms with Crippen LogP contribution < -0.4 is 11.1 Å². The molecule has 0 aliphatic rings. The summed E-state index contributed by atoms with van der Waals surface area (Å²) in [5.74, 6) is 0. The molecule has 0 spiro atoms. The molecule has 0 fully saturated rings. The molecule has 1 atom stereocenters. The fraction of sp³-hybridized carbons (Fsp3) is 0.308. The number of aromatic nitrogens is 1. The number of nitrogens with one attached hydrogen (secondary N) is 1. The number of rotatable bonds is 5. The van der Waals surface area contributed by atoms with E-state index < -0.39 is 0 Å². The monoisotopic (exact) mass is 247 g/mol. The summed E-state index contributed by atoms with van der Waals surface area (Å²) in [6, 6.07) is 6.33. The van der Waals surface area contributed by atoms with Crippen LogP contribution in [0.25, 0.3) is 0 Å². The van der Waals surface area contributed by atoms with Gasteiger partial charge in [-0.15, -0.1) is 11.3 Å². The topological polar surface area (TPSA) is 50.9 Å². The maximum atomic E-state index is 6.00. The standard InChI is InChI=1S/C13H17N3S/c1-2-16-13(8-10-4-3-7-17-10)11-9-15-6-5-12(11)14/h3-7,9,13,16H,2,8H2,1H3,(H2,14,15). The van der Waals surface area contributed by atoms with E-state index in [4.69, 9.17) is 5.73 Å². The maximum Gasteiger partial charge on any atom is 0.0404 e. The van der Waals surface area contributed by atoms with E-state index in [0.717, 1.165) is 24.2 Å². The molecule has 3 N–H and O–H groups in total. The number of hydrogen-bond donors (Lipinski definition) is 2. The van der Waals surface area contributed by atoms with Gasteiger partial charge in [-0.2, -0.15) is 0 Å². The molecule has 0 saturated carbocycles. The minimum Gasteiger partial charge on any atom is -0.398 e. The molecule has 0 aliphatic heterocycles. The molecule has 0 bridgehead atoms. The SMILES string of the molecule is CCNC(Cc1cccs1)c1cnccc1N. The van der Waals surface area contributed by atoms with Crippen molar-refractivity contribution in [2.24, 2.45) is 0 Å². The lowest BCUT2D eigenvalue weighted by Crippen LogP contribution is -2.23. The third-order valence-electron chi connectivity index (χ3n) is 2.70. The number of pyridine rings is 1. The van der Waals surface area contributed by atoms with Crippen LogP contribution >= 0.6 is 11.3 Å². The highest BCUT2D eigenvalue weighted by Crippen LogP contribution is 2.24. The average Bonchev–Trinajstić information content (AvgIpc) is 2.82. The lowest BCUT2D eigenvalue weighted by molar-refractivity contribution is 0.553. The summed E-state index contributed by atoms with van der Waals surface area (Å²) in [5.41, 5.74) is 7.90. The number of nitrogens with two attached hydrogens (primary N) is 1. The Morgan fingerprint density at radius 1 is 1.47 bits per heavy atom. The molecular weight excluding hydrogens is 230 g/mol. The smallest absolute Gasteiger partial charge is 0.0404 e. The van der Waals surface area contributed by atoms with Gasteiger partial charge < -0.3 is 11.1 Å². The molecule has 90 valence electrons. The van der Waals surface area contributed by atoms with Crippen molar-refractivity contribution in [2.45, 2.75) is 19.4 Å². The molecule has 2 aromatic rings. The van der Waals surface area contributed by atoms with Crippen molar-refractivity contribution in [1.29, 1.82) is 0 Å². The molecule has 0 radical (unpaired) electrons. The Kier molecular flexibility index (Phi) is 4.12. The van der Waals surface area contributed by atoms with E-state index in [0.29, 0.717) is 0 Å². The van der Waals surface area contributed by atoms with Gasteiger partial charge >= 0.3 is 0 Å². The first-order valence-electron chi connectivity index (χ1n) is 5.76. The molecule has 1 unspecified atom stereocenters. The van der Waals surface area contributed by atoms with Crippen molar-refractivity contribution in [3.63, 3.8) is 0 Å². The number of likely N-dealkylation sites (N-methyl/N-ethyl adjacent to an activating group) is 1. The molecule has 0 aromatic carbocycles. The van der Waals surface area contributed by atoms with E-state index in [1.807, 2.05) is 12.3 Å². The van der Waals surface area contributed by atoms with Crippen molar-refractivity contribution < 1.29 is 0 Å². The van der Waals surface area contributed by atoms with E-state index in [1.165, 1.54) is 4.88 Å². The molecule has 4 heteroatoms. The van der Waals surface area contributed by atoms with Crippen molar-refractivity contribution in [3.05, 3.63) is 46.4 Å². The minimum atomic E-state index is 0.243. The zero-order valence-corrected chi connectivity index (χ0v) is 10.7. The molecule has 0 aliphatic carbocycles. The van der Waals surface area contributed by atoms with Crippen LogP contribution in [0, 0.1) is 0 Å². The van der Waals surface area contributed by atoms with Gasteiger partial charge in [-0.3, -0.25) is 4.98 Å². The van der Waals surface area contributed by atoms with Gasteiger partial charge in [-0.1, -0.05) is 13.0 Å². The Morgan fingerprint density at radius 2 is 2.35 bits per heavy atom. The second-order valence-corrected chi connectivity index (χ2v) is 4.93. The van der Waals surface area contributed by atoms with Crippen LogP contribution in [-0.2, 0) is 6.42 Å². The van der Waals surface area contributed by atoms with Gasteiger partial charge in [0.2, 0.25) is 0 Å². The van der Waals surface area contributed by atoms with Gasteiger partial charge in [0.1, 0.15) is 0 Å². The van der Waals surface area contributed by atoms with Crippen molar-refractivity contribution >= 4 is 17.0 Å². The van der Waals surface area contributed by atoms with Gasteiger partial charge in [-0.05, 0) is 24.1 Å². The minimum absolute atomic E-state index is 0.243. The number of anilines is 1. The third kappa shape index (κ3) is 3.05. The summed E-state index contributed by atoms with van der Waals surface area (Å²) < 4.78 is 0. The summed E-state index contributed by atoms with van der Waals surface area (Å²) in [6.07, 6.45) is 4.55. The van der Waals surface area contributed by atoms with Crippen molar-refractivity contribution in [1.82, 2.24) is 10.3 Å². The molecular formula is C13H17N3S. The zero-order chi connectivity index (χ0) is 12.1. The summed E-state index contributed by atoms with van der Waals surface area (Å²) in [4.78, 5) is 5.52. The first kappa shape index (κ1) is 12.1. The molecule has 2 aromatic heterocycles. The number of thiophene rings is 1. The van der Waals surface area contributed by atoms with Crippen LogP contribution in [0.2, 0.25) is 0 Å². The Hall–Kier alpha value is -1.39. The van der Waals surface area contributed by atoms with E-state index >= 15 is 0 Å². The summed E-state index contributed by atoms with van der Waals surface area (Å²) >= 11 is 1.78. The number of nitrogen functional groups attached to an aromatic ring is 1. The Labute approximate surface area is 106 Å². The van der Waals surface area contributed by atoms with E-state index in [2.05, 4.69) is 34.7 Å². The summed E-state index contributed by atoms with van der Waals surface area (Å²) in [6.45, 7) is 3.03. The van der Waals surface area contributed by atoms with Crippen molar-refractivity contribution in [2.75, 3.05) is 12.3 Å². The summed E-state index contributed by atoms with van der Waals surface area (Å²) in [7, 11) is 0. The fourth-order valence-electron chi connectivity index (χ4n) is 1.88. The Morgan fingerprint density at radius 3 is 3.00 bits per heavy atom. The highest BCUT2D eigenvalue weighted by molar-refractivity contribution is 7.09. The van der Waals surface area contributed by atoms with Crippen LogP contribution in [0.4, 0.5) is 5.69 Å². The first-order chi connectivity index (χ1) is 8.31. The van der Waals surface area contributed by atoms with Gasteiger partial charge in [-0.25, -0.2) is 0 Å². The van der Waals surface area contributed by atoms with Crippen LogP contribution in [0.3, 0.4) is 0 Å². The Balaban J connectivity index is 2.20. The van der Waals surface area contributed by atoms with Crippen LogP contribution in [0.1, 0.15) is 23.4 Å². The number of hydrogen-bond acceptors (Lipinski definition) is 4. The number of nitrogens with zero attached hydrogens (tertiary/aromatic N) is 1. The van der Waals surface area contributed by atoms with Gasteiger partial charge in [0.25, 0.3) is 0 Å². The Bertz CT molecular complexity index is 453. The zero-order valence-electron chi connectivity index (χ0n) is 9.89. The molecule has 0 amide bonds. The van der Waals surface area contributed by atoms with Crippen LogP contribution in [0.5, 0.6) is 0 Å². The predicted octanol–water partition coefficient (Wildman–Crippen LogP) is 2.62. The highest BCUT2D eigenvalue weighted by Gasteiger charge is 2.14. The predicted molar refractivity (Wildman–Crippen MR) is 73.1 cm³/mol. The maximum absolute atomic E-state index is 6.00. The van der Waals surface area contributed by atoms with E-state index in [-0.39, 0.29) is 6.04 Å². The average molecular weight is 247 g/mol. The second-order valence-electron chi connectivity index (χ2n) is 3.90. The highest BCUT2D eigenvalue weighted by atomic mass is 32.1. The van der Waals surface area contributed by atoms with Crippen LogP contribution in [-0.4, -0.2) is 11.5 Å². The van der Waals surface area contributed by atoms with Gasteiger partial charge in [0, 0.05) is 41.0 Å². The van der Waals surface area contributed by atoms with E-state index in [9.17, 15) is 0 Å². The lowest BCUT2D eigenvalue weighted by atomic mass is 10.0. The molecule has 0 saturated heterocycles. The van der Waals surface area contributed by atoms with Gasteiger partial charge in [0.15, 0.2) is 0 Å². The molecule has 17 heavy (non-hydrogen) atoms. The molecule has 3 nitrogen and oxygen atoms in total. The normalized spacial score (nSPS) is 12.5. The fourth-order valence-corrected chi connectivity index (χ4v) is 2.63. The summed E-state index contributed by atoms with van der Waals surface area (Å²) in [5, 5.41) is 5.57. The molecule has 2 heterocycles. The van der Waals surface area contributed by atoms with Crippen LogP contribution in [0.15, 0.2) is 36.0 Å². The van der Waals surface area contributed by atoms with Gasteiger partial charge in [0.05, 0.1) is 0 Å².